The Morgan fingerprint density at radius 1 is 1.29 bits per heavy atom. The van der Waals surface area contributed by atoms with Crippen molar-refractivity contribution in [2.24, 2.45) is 0 Å². The van der Waals surface area contributed by atoms with E-state index in [-0.39, 0.29) is 5.54 Å². The largest absolute Gasteiger partial charge is 0.497 e. The molecule has 0 bridgehead atoms. The number of ether oxygens (including phenoxy) is 1. The van der Waals surface area contributed by atoms with Crippen LogP contribution < -0.4 is 10.5 Å². The molecule has 0 unspecified atom stereocenters. The van der Waals surface area contributed by atoms with Gasteiger partial charge in [-0.15, -0.1) is 0 Å². The van der Waals surface area contributed by atoms with E-state index in [0.717, 1.165) is 24.4 Å². The Bertz CT molecular complexity index is 374. The fraction of sp³-hybridized carbons (Fsp3) is 0.571. The lowest BCUT2D eigenvalue weighted by Crippen LogP contribution is -2.39. The molecule has 3 heteroatoms. The highest BCUT2D eigenvalue weighted by Gasteiger charge is 2.21. The lowest BCUT2D eigenvalue weighted by Gasteiger charge is -2.35. The molecule has 17 heavy (non-hydrogen) atoms. The molecule has 3 nitrogen and oxygen atoms in total. The minimum Gasteiger partial charge on any atom is -0.497 e. The molecule has 0 spiro atoms. The van der Waals surface area contributed by atoms with Gasteiger partial charge in [0.15, 0.2) is 0 Å². The van der Waals surface area contributed by atoms with E-state index >= 15 is 0 Å². The van der Waals surface area contributed by atoms with Gasteiger partial charge in [-0.1, -0.05) is 6.92 Å². The minimum atomic E-state index is 0.192. The average Bonchev–Trinajstić information content (AvgIpc) is 2.28. The van der Waals surface area contributed by atoms with E-state index < -0.39 is 0 Å². The summed E-state index contributed by atoms with van der Waals surface area (Å²) in [7, 11) is 3.80. The molecule has 0 amide bonds. The Hall–Kier alpha value is -1.22. The van der Waals surface area contributed by atoms with Crippen LogP contribution >= 0.6 is 0 Å². The maximum atomic E-state index is 5.85. The molecule has 0 heterocycles. The fourth-order valence-electron chi connectivity index (χ4n) is 1.65. The van der Waals surface area contributed by atoms with Crippen molar-refractivity contribution in [1.82, 2.24) is 4.90 Å². The zero-order chi connectivity index (χ0) is 13.1. The number of anilines is 1. The minimum absolute atomic E-state index is 0.192. The van der Waals surface area contributed by atoms with E-state index in [1.54, 1.807) is 7.11 Å². The summed E-state index contributed by atoms with van der Waals surface area (Å²) in [4.78, 5) is 2.33. The first kappa shape index (κ1) is 13.8. The molecule has 0 aliphatic carbocycles. The summed E-state index contributed by atoms with van der Waals surface area (Å²) in [5.41, 5.74) is 7.98. The number of hydrogen-bond donors (Lipinski definition) is 1. The summed E-state index contributed by atoms with van der Waals surface area (Å²) in [5, 5.41) is 0. The van der Waals surface area contributed by atoms with Gasteiger partial charge < -0.3 is 10.5 Å². The second kappa shape index (κ2) is 5.41. The smallest absolute Gasteiger partial charge is 0.121 e. The first-order valence-corrected chi connectivity index (χ1v) is 6.03. The van der Waals surface area contributed by atoms with Gasteiger partial charge >= 0.3 is 0 Å². The molecule has 0 aliphatic rings. The highest BCUT2D eigenvalue weighted by molar-refractivity contribution is 5.47. The van der Waals surface area contributed by atoms with Crippen molar-refractivity contribution >= 4 is 5.69 Å². The summed E-state index contributed by atoms with van der Waals surface area (Å²) < 4.78 is 5.23. The molecule has 0 atom stereocenters. The normalized spacial score (nSPS) is 11.9. The average molecular weight is 236 g/mol. The Balaban J connectivity index is 2.84. The SMILES string of the molecule is CCC(C)(C)N(C)Cc1cc(N)cc(OC)c1. The van der Waals surface area contributed by atoms with E-state index in [2.05, 4.69) is 32.7 Å². The molecule has 2 N–H and O–H groups in total. The molecule has 0 aliphatic heterocycles. The predicted octanol–water partition coefficient (Wildman–Crippen LogP) is 2.90. The van der Waals surface area contributed by atoms with Crippen molar-refractivity contribution < 1.29 is 4.74 Å². The van der Waals surface area contributed by atoms with Gasteiger partial charge in [0, 0.05) is 23.8 Å². The molecule has 0 aromatic heterocycles. The van der Waals surface area contributed by atoms with Gasteiger partial charge in [-0.25, -0.2) is 0 Å². The second-order valence-corrected chi connectivity index (χ2v) is 5.14. The molecule has 0 fully saturated rings. The molecule has 0 radical (unpaired) electrons. The maximum Gasteiger partial charge on any atom is 0.121 e. The van der Waals surface area contributed by atoms with Gasteiger partial charge in [-0.3, -0.25) is 4.90 Å². The molecule has 0 saturated carbocycles. The van der Waals surface area contributed by atoms with Crippen molar-refractivity contribution in [3.63, 3.8) is 0 Å². The van der Waals surface area contributed by atoms with Crippen molar-refractivity contribution in [3.8, 4) is 5.75 Å². The molecule has 1 aromatic rings. The molecule has 96 valence electrons. The zero-order valence-corrected chi connectivity index (χ0v) is 11.6. The Labute approximate surface area is 105 Å². The third-order valence-corrected chi connectivity index (χ3v) is 3.54. The third kappa shape index (κ3) is 3.63. The van der Waals surface area contributed by atoms with Gasteiger partial charge in [0.1, 0.15) is 5.75 Å². The molecule has 1 rings (SSSR count). The van der Waals surface area contributed by atoms with Crippen LogP contribution in [0.3, 0.4) is 0 Å². The predicted molar refractivity (Wildman–Crippen MR) is 73.2 cm³/mol. The Morgan fingerprint density at radius 3 is 2.47 bits per heavy atom. The number of benzene rings is 1. The van der Waals surface area contributed by atoms with E-state index in [4.69, 9.17) is 10.5 Å². The second-order valence-electron chi connectivity index (χ2n) is 5.14. The van der Waals surface area contributed by atoms with E-state index in [1.807, 2.05) is 18.2 Å². The van der Waals surface area contributed by atoms with Crippen LogP contribution in [0.2, 0.25) is 0 Å². The Morgan fingerprint density at radius 2 is 1.94 bits per heavy atom. The standard InChI is InChI=1S/C14H24N2O/c1-6-14(2,3)16(4)10-11-7-12(15)9-13(8-11)17-5/h7-9H,6,10,15H2,1-5H3. The molecular weight excluding hydrogens is 212 g/mol. The zero-order valence-electron chi connectivity index (χ0n) is 11.6. The van der Waals surface area contributed by atoms with Crippen LogP contribution in [-0.4, -0.2) is 24.6 Å². The maximum absolute atomic E-state index is 5.85. The topological polar surface area (TPSA) is 38.5 Å². The van der Waals surface area contributed by atoms with Gasteiger partial charge in [0.2, 0.25) is 0 Å². The molecule has 1 aromatic carbocycles. The van der Waals surface area contributed by atoms with E-state index in [9.17, 15) is 0 Å². The number of rotatable bonds is 5. The van der Waals surface area contributed by atoms with Crippen molar-refractivity contribution in [2.45, 2.75) is 39.3 Å². The van der Waals surface area contributed by atoms with Gasteiger partial charge in [-0.05, 0) is 45.0 Å². The number of nitrogens with zero attached hydrogens (tertiary/aromatic N) is 1. The number of nitrogens with two attached hydrogens (primary N) is 1. The monoisotopic (exact) mass is 236 g/mol. The Kier molecular flexibility index (Phi) is 4.40. The van der Waals surface area contributed by atoms with Crippen LogP contribution in [0.1, 0.15) is 32.8 Å². The summed E-state index contributed by atoms with van der Waals surface area (Å²) in [6.07, 6.45) is 1.11. The lowest BCUT2D eigenvalue weighted by molar-refractivity contribution is 0.143. The van der Waals surface area contributed by atoms with Crippen LogP contribution in [0.25, 0.3) is 0 Å². The van der Waals surface area contributed by atoms with Crippen LogP contribution in [-0.2, 0) is 6.54 Å². The van der Waals surface area contributed by atoms with Crippen molar-refractivity contribution in [2.75, 3.05) is 19.9 Å². The van der Waals surface area contributed by atoms with Crippen LogP contribution in [0.5, 0.6) is 5.75 Å². The van der Waals surface area contributed by atoms with Gasteiger partial charge in [0.25, 0.3) is 0 Å². The van der Waals surface area contributed by atoms with Crippen molar-refractivity contribution in [3.05, 3.63) is 23.8 Å². The number of nitrogen functional groups attached to an aromatic ring is 1. The highest BCUT2D eigenvalue weighted by Crippen LogP contribution is 2.23. The number of hydrogen-bond acceptors (Lipinski definition) is 3. The summed E-state index contributed by atoms with van der Waals surface area (Å²) in [6.45, 7) is 7.58. The quantitative estimate of drug-likeness (QED) is 0.799. The lowest BCUT2D eigenvalue weighted by atomic mass is 9.99. The van der Waals surface area contributed by atoms with Gasteiger partial charge in [-0.2, -0.15) is 0 Å². The first-order chi connectivity index (χ1) is 7.89. The van der Waals surface area contributed by atoms with E-state index in [1.165, 1.54) is 5.56 Å². The van der Waals surface area contributed by atoms with Crippen LogP contribution in [0.15, 0.2) is 18.2 Å². The summed E-state index contributed by atoms with van der Waals surface area (Å²) in [6, 6.07) is 5.89. The van der Waals surface area contributed by atoms with Crippen molar-refractivity contribution in [1.29, 1.82) is 0 Å². The highest BCUT2D eigenvalue weighted by atomic mass is 16.5. The van der Waals surface area contributed by atoms with Crippen LogP contribution in [0, 0.1) is 0 Å². The van der Waals surface area contributed by atoms with E-state index in [0.29, 0.717) is 0 Å². The summed E-state index contributed by atoms with van der Waals surface area (Å²) in [5.74, 6) is 0.822. The molecule has 0 saturated heterocycles. The fourth-order valence-corrected chi connectivity index (χ4v) is 1.65. The number of methoxy groups -OCH3 is 1. The van der Waals surface area contributed by atoms with Crippen LogP contribution in [0.4, 0.5) is 5.69 Å². The van der Waals surface area contributed by atoms with Gasteiger partial charge in [0.05, 0.1) is 7.11 Å². The third-order valence-electron chi connectivity index (χ3n) is 3.54. The first-order valence-electron chi connectivity index (χ1n) is 6.03. The molecular formula is C14H24N2O. The summed E-state index contributed by atoms with van der Waals surface area (Å²) >= 11 is 0.